The van der Waals surface area contributed by atoms with E-state index in [0.29, 0.717) is 5.92 Å². The summed E-state index contributed by atoms with van der Waals surface area (Å²) in [6, 6.07) is 28.2. The molecule has 2 aliphatic rings. The molecule has 1 aliphatic carbocycles. The van der Waals surface area contributed by atoms with Crippen LogP contribution in [0.5, 0.6) is 0 Å². The van der Waals surface area contributed by atoms with Gasteiger partial charge in [0.1, 0.15) is 0 Å². The zero-order valence-electron chi connectivity index (χ0n) is 28.5. The third kappa shape index (κ3) is 6.11. The van der Waals surface area contributed by atoms with Crippen LogP contribution in [0.1, 0.15) is 59.8 Å². The first-order chi connectivity index (χ1) is 21.1. The third-order valence-corrected chi connectivity index (χ3v) is 28.4. The predicted molar refractivity (Wildman–Crippen MR) is 209 cm³/mol. The molecule has 0 aromatic heterocycles. The number of hydrogen-bond donors (Lipinski definition) is 0. The fourth-order valence-electron chi connectivity index (χ4n) is 7.53. The standard InChI is InChI=1S/C27H39Si2.C12H9Si.2ClH.Zr/c1-10-11-20-14-21-12-13-25(19(2)3)27(26(21)15-20)22-16-23(28(4,5)6)18-24(17-22)29(7,8)9;1-3-7-11-9(5-1)10-6-2-4-8-12(10)13-11;;;/h12-19H,10-11H2,1-9H3;1-7H,13H2;2*1H;/q;;;;+2/p-2. The second kappa shape index (κ2) is 12.3. The predicted octanol–water partition coefficient (Wildman–Crippen LogP) is 8.69. The molecule has 4 aromatic carbocycles. The van der Waals surface area contributed by atoms with Crippen molar-refractivity contribution in [2.24, 2.45) is 0 Å². The topological polar surface area (TPSA) is 0 Å². The second-order valence-corrected chi connectivity index (χ2v) is 41.7. The monoisotopic (exact) mass is 760 g/mol. The van der Waals surface area contributed by atoms with Crippen LogP contribution >= 0.6 is 17.0 Å². The molecule has 45 heavy (non-hydrogen) atoms. The first kappa shape index (κ1) is 33.6. The van der Waals surface area contributed by atoms with E-state index < -0.39 is 43.5 Å². The van der Waals surface area contributed by atoms with Crippen LogP contribution in [0.15, 0.2) is 78.4 Å². The van der Waals surface area contributed by atoms with Gasteiger partial charge in [-0.2, -0.15) is 0 Å². The van der Waals surface area contributed by atoms with E-state index in [1.807, 2.05) is 0 Å². The zero-order chi connectivity index (χ0) is 32.5. The Morgan fingerprint density at radius 3 is 2.07 bits per heavy atom. The molecule has 6 rings (SSSR count). The Hall–Kier alpha value is -1.27. The molecule has 0 bridgehead atoms. The van der Waals surface area contributed by atoms with E-state index in [1.165, 1.54) is 58.2 Å². The Labute approximate surface area is 288 Å². The number of halogens is 2. The van der Waals surface area contributed by atoms with Crippen LogP contribution in [-0.4, -0.2) is 25.7 Å². The Balaban J connectivity index is 1.58. The van der Waals surface area contributed by atoms with Gasteiger partial charge in [-0.15, -0.1) is 0 Å². The number of hydrogen-bond acceptors (Lipinski definition) is 0. The van der Waals surface area contributed by atoms with Gasteiger partial charge in [0.15, 0.2) is 0 Å². The molecule has 0 amide bonds. The Kier molecular flexibility index (Phi) is 9.20. The first-order valence-electron chi connectivity index (χ1n) is 16.7. The van der Waals surface area contributed by atoms with Gasteiger partial charge in [-0.3, -0.25) is 0 Å². The van der Waals surface area contributed by atoms with Gasteiger partial charge in [-0.05, 0) is 0 Å². The molecule has 0 nitrogen and oxygen atoms in total. The fourth-order valence-corrected chi connectivity index (χ4v) is 26.9. The molecule has 1 aliphatic heterocycles. The molecule has 1 heterocycles. The molecule has 6 heteroatoms. The van der Waals surface area contributed by atoms with Crippen molar-refractivity contribution in [2.45, 2.75) is 82.4 Å². The number of rotatable bonds is 8. The van der Waals surface area contributed by atoms with Crippen molar-refractivity contribution in [2.75, 3.05) is 0 Å². The normalized spacial score (nSPS) is 16.6. The van der Waals surface area contributed by atoms with Crippen LogP contribution in [0.2, 0.25) is 39.3 Å². The quantitative estimate of drug-likeness (QED) is 0.139. The van der Waals surface area contributed by atoms with Crippen molar-refractivity contribution in [3.63, 3.8) is 0 Å². The molecule has 0 N–H and O–H groups in total. The summed E-state index contributed by atoms with van der Waals surface area (Å²) in [6.45, 7) is 21.9. The summed E-state index contributed by atoms with van der Waals surface area (Å²) in [4.78, 5) is 0. The summed E-state index contributed by atoms with van der Waals surface area (Å²) in [7, 11) is 12.3. The maximum atomic E-state index is 7.99. The first-order valence-corrected chi connectivity index (χ1v) is 34.1. The van der Waals surface area contributed by atoms with Gasteiger partial charge in [0.25, 0.3) is 0 Å². The Bertz CT molecular complexity index is 1790. The van der Waals surface area contributed by atoms with Gasteiger partial charge in [0, 0.05) is 0 Å². The van der Waals surface area contributed by atoms with Crippen molar-refractivity contribution < 1.29 is 17.9 Å². The minimum absolute atomic E-state index is 0.124. The molecular formula is C39H48Cl2Si3Zr. The molecule has 0 fully saturated rings. The Morgan fingerprint density at radius 2 is 1.44 bits per heavy atom. The summed E-state index contributed by atoms with van der Waals surface area (Å²) in [5, 5.41) is 6.15. The van der Waals surface area contributed by atoms with Crippen LogP contribution in [0.25, 0.3) is 28.3 Å². The van der Waals surface area contributed by atoms with Crippen LogP contribution in [0.4, 0.5) is 0 Å². The molecule has 0 radical (unpaired) electrons. The van der Waals surface area contributed by atoms with Crippen LogP contribution in [-0.2, 0) is 17.9 Å². The van der Waals surface area contributed by atoms with E-state index in [-0.39, 0.29) is 3.63 Å². The van der Waals surface area contributed by atoms with Crippen molar-refractivity contribution in [3.8, 4) is 22.3 Å². The van der Waals surface area contributed by atoms with Gasteiger partial charge in [0.2, 0.25) is 0 Å². The number of benzene rings is 4. The van der Waals surface area contributed by atoms with Gasteiger partial charge in [0.05, 0.1) is 0 Å². The second-order valence-electron chi connectivity index (χ2n) is 15.7. The van der Waals surface area contributed by atoms with Crippen LogP contribution in [0, 0.1) is 0 Å². The van der Waals surface area contributed by atoms with Crippen molar-refractivity contribution in [1.29, 1.82) is 0 Å². The molecule has 0 saturated heterocycles. The molecule has 0 spiro atoms. The third-order valence-electron chi connectivity index (χ3n) is 10.0. The van der Waals surface area contributed by atoms with Crippen molar-refractivity contribution in [3.05, 3.63) is 95.1 Å². The average molecular weight is 763 g/mol. The molecule has 1 atom stereocenters. The van der Waals surface area contributed by atoms with Crippen molar-refractivity contribution in [1.82, 2.24) is 0 Å². The summed E-state index contributed by atoms with van der Waals surface area (Å²) in [5.41, 5.74) is 11.3. The van der Waals surface area contributed by atoms with E-state index >= 15 is 0 Å². The zero-order valence-corrected chi connectivity index (χ0v) is 35.9. The van der Waals surface area contributed by atoms with Crippen LogP contribution in [0.3, 0.4) is 0 Å². The van der Waals surface area contributed by atoms with Gasteiger partial charge < -0.3 is 0 Å². The molecule has 0 saturated carbocycles. The van der Waals surface area contributed by atoms with E-state index in [1.54, 1.807) is 10.4 Å². The van der Waals surface area contributed by atoms with Crippen LogP contribution < -0.4 is 24.0 Å². The number of allylic oxidation sites excluding steroid dienone is 1. The summed E-state index contributed by atoms with van der Waals surface area (Å²) < 4.78 is 1.45. The molecule has 234 valence electrons. The van der Waals surface area contributed by atoms with E-state index in [4.69, 9.17) is 17.0 Å². The molecule has 1 unspecified atom stereocenters. The molecule has 4 aromatic rings. The SMILES string of the molecule is CCCC1=Cc2c(ccc(C(C)C)c2-c2cc([Si](C)(C)C)cc([Si](C)(C)C)c2)[CH]1[Zr]([Cl])([Cl])[c]1cccc2c1[SiH2]c1ccccc1-2. The average Bonchev–Trinajstić information content (AvgIpc) is 3.54. The minimum atomic E-state index is -4.02. The van der Waals surface area contributed by atoms with Crippen molar-refractivity contribution >= 4 is 72.8 Å². The van der Waals surface area contributed by atoms with E-state index in [9.17, 15) is 0 Å². The molecular weight excluding hydrogens is 715 g/mol. The van der Waals surface area contributed by atoms with Gasteiger partial charge in [-0.1, -0.05) is 0 Å². The maximum absolute atomic E-state index is 7.99. The van der Waals surface area contributed by atoms with Gasteiger partial charge in [-0.25, -0.2) is 0 Å². The summed E-state index contributed by atoms with van der Waals surface area (Å²) in [5.74, 6) is 0.417. The van der Waals surface area contributed by atoms with E-state index in [0.717, 1.165) is 12.8 Å². The van der Waals surface area contributed by atoms with Gasteiger partial charge >= 0.3 is 290 Å². The number of fused-ring (bicyclic) bond motifs is 4. The Morgan fingerprint density at radius 1 is 0.800 bits per heavy atom. The van der Waals surface area contributed by atoms with E-state index in [2.05, 4.69) is 139 Å². The fraction of sp³-hybridized carbons (Fsp3) is 0.333. The summed E-state index contributed by atoms with van der Waals surface area (Å²) >= 11 is -4.02. The summed E-state index contributed by atoms with van der Waals surface area (Å²) in [6.07, 6.45) is 4.66.